The second-order valence-corrected chi connectivity index (χ2v) is 3.83. The second-order valence-electron chi connectivity index (χ2n) is 3.83. The third-order valence-corrected chi connectivity index (χ3v) is 2.64. The van der Waals surface area contributed by atoms with Crippen LogP contribution in [0.5, 0.6) is 0 Å². The molecule has 0 radical (unpaired) electrons. The van der Waals surface area contributed by atoms with E-state index in [0.717, 1.165) is 11.1 Å². The third-order valence-electron chi connectivity index (χ3n) is 2.64. The molecule has 3 nitrogen and oxygen atoms in total. The molecule has 0 aliphatic carbocycles. The number of benzene rings is 1. The topological polar surface area (TPSA) is 34.9 Å². The molecule has 1 aromatic heterocycles. The van der Waals surface area contributed by atoms with Crippen LogP contribution < -0.4 is 5.56 Å². The van der Waals surface area contributed by atoms with E-state index in [2.05, 4.69) is 4.98 Å². The van der Waals surface area contributed by atoms with E-state index < -0.39 is 0 Å². The molecule has 2 rings (SSSR count). The first kappa shape index (κ1) is 10.6. The summed E-state index contributed by atoms with van der Waals surface area (Å²) in [6.45, 7) is 4.57. The van der Waals surface area contributed by atoms with Gasteiger partial charge in [0.2, 0.25) is 0 Å². The molecule has 0 amide bonds. The number of hydrogen-bond donors (Lipinski definition) is 0. The summed E-state index contributed by atoms with van der Waals surface area (Å²) in [6, 6.07) is 7.41. The highest BCUT2D eigenvalue weighted by Crippen LogP contribution is 2.05. The Kier molecular flexibility index (Phi) is 2.86. The van der Waals surface area contributed by atoms with Crippen molar-refractivity contribution in [3.63, 3.8) is 0 Å². The minimum Gasteiger partial charge on any atom is -0.295 e. The van der Waals surface area contributed by atoms with Gasteiger partial charge >= 0.3 is 0 Å². The normalized spacial score (nSPS) is 12.0. The van der Waals surface area contributed by atoms with Gasteiger partial charge in [-0.3, -0.25) is 9.36 Å². The molecule has 1 aromatic carbocycles. The molecule has 0 atom stereocenters. The minimum absolute atomic E-state index is 0.0202. The van der Waals surface area contributed by atoms with E-state index in [4.69, 9.17) is 0 Å². The van der Waals surface area contributed by atoms with E-state index in [9.17, 15) is 4.79 Å². The van der Waals surface area contributed by atoms with Gasteiger partial charge in [-0.2, -0.15) is 0 Å². The molecule has 0 saturated carbocycles. The summed E-state index contributed by atoms with van der Waals surface area (Å²) in [5, 5.41) is 0.675. The van der Waals surface area contributed by atoms with Crippen LogP contribution in [0.4, 0.5) is 0 Å². The first-order valence-electron chi connectivity index (χ1n) is 5.28. The van der Waals surface area contributed by atoms with Gasteiger partial charge in [-0.25, -0.2) is 4.98 Å². The van der Waals surface area contributed by atoms with Crippen LogP contribution >= 0.6 is 0 Å². The van der Waals surface area contributed by atoms with Gasteiger partial charge in [0, 0.05) is 6.54 Å². The summed E-state index contributed by atoms with van der Waals surface area (Å²) in [5.41, 5.74) is 1.92. The highest BCUT2D eigenvalue weighted by atomic mass is 16.1. The van der Waals surface area contributed by atoms with Gasteiger partial charge in [0.25, 0.3) is 5.56 Å². The lowest BCUT2D eigenvalue weighted by Gasteiger charge is -2.06. The number of rotatable bonds is 2. The molecule has 16 heavy (non-hydrogen) atoms. The lowest BCUT2D eigenvalue weighted by molar-refractivity contribution is 0.735. The molecule has 3 heteroatoms. The monoisotopic (exact) mass is 214 g/mol. The summed E-state index contributed by atoms with van der Waals surface area (Å²) in [5.74, 6) is 0. The van der Waals surface area contributed by atoms with Crippen molar-refractivity contribution in [1.82, 2.24) is 9.55 Å². The third kappa shape index (κ3) is 1.89. The zero-order chi connectivity index (χ0) is 11.5. The van der Waals surface area contributed by atoms with Crippen molar-refractivity contribution in [3.8, 4) is 0 Å². The minimum atomic E-state index is 0.0202. The van der Waals surface area contributed by atoms with Crippen molar-refractivity contribution in [1.29, 1.82) is 0 Å². The average molecular weight is 214 g/mol. The van der Waals surface area contributed by atoms with Crippen molar-refractivity contribution in [3.05, 3.63) is 52.6 Å². The van der Waals surface area contributed by atoms with Crippen molar-refractivity contribution in [2.24, 2.45) is 0 Å². The van der Waals surface area contributed by atoms with Gasteiger partial charge in [-0.1, -0.05) is 23.8 Å². The molecule has 0 unspecified atom stereocenters. The quantitative estimate of drug-likeness (QED) is 0.719. The maximum Gasteiger partial charge on any atom is 0.261 e. The largest absolute Gasteiger partial charge is 0.295 e. The fourth-order valence-corrected chi connectivity index (χ4v) is 1.58. The standard InChI is InChI=1S/C13H14N2O/c1-3-10(2)8-15-9-14-12-7-5-4-6-11(12)13(15)16/h3-7,9H,8H2,1-2H3. The maximum absolute atomic E-state index is 12.1. The SMILES string of the molecule is CC=C(C)Cn1cnc2ccccc2c1=O. The second kappa shape index (κ2) is 4.31. The van der Waals surface area contributed by atoms with Gasteiger partial charge < -0.3 is 0 Å². The molecule has 0 aliphatic heterocycles. The van der Waals surface area contributed by atoms with Crippen LogP contribution in [0.3, 0.4) is 0 Å². The van der Waals surface area contributed by atoms with Crippen LogP contribution in [0.15, 0.2) is 47.0 Å². The first-order valence-corrected chi connectivity index (χ1v) is 5.28. The molecule has 0 spiro atoms. The van der Waals surface area contributed by atoms with E-state index in [0.29, 0.717) is 11.9 Å². The zero-order valence-corrected chi connectivity index (χ0v) is 9.47. The summed E-state index contributed by atoms with van der Waals surface area (Å²) >= 11 is 0. The molecule has 2 aromatic rings. The van der Waals surface area contributed by atoms with E-state index in [1.54, 1.807) is 10.9 Å². The number of allylic oxidation sites excluding steroid dienone is 2. The van der Waals surface area contributed by atoms with Gasteiger partial charge in [-0.05, 0) is 26.0 Å². The van der Waals surface area contributed by atoms with Crippen molar-refractivity contribution in [2.75, 3.05) is 0 Å². The van der Waals surface area contributed by atoms with Gasteiger partial charge in [-0.15, -0.1) is 0 Å². The fraction of sp³-hybridized carbons (Fsp3) is 0.231. The van der Waals surface area contributed by atoms with Crippen LogP contribution in [0.2, 0.25) is 0 Å². The predicted octanol–water partition coefficient (Wildman–Crippen LogP) is 2.36. The van der Waals surface area contributed by atoms with E-state index in [1.165, 1.54) is 0 Å². The van der Waals surface area contributed by atoms with Crippen molar-refractivity contribution in [2.45, 2.75) is 20.4 Å². The van der Waals surface area contributed by atoms with Gasteiger partial charge in [0.05, 0.1) is 17.2 Å². The van der Waals surface area contributed by atoms with Gasteiger partial charge in [0.15, 0.2) is 0 Å². The molecule has 1 heterocycles. The van der Waals surface area contributed by atoms with Crippen LogP contribution in [-0.2, 0) is 6.54 Å². The Labute approximate surface area is 94.1 Å². The van der Waals surface area contributed by atoms with Crippen molar-refractivity contribution < 1.29 is 0 Å². The molecule has 0 fully saturated rings. The molecular formula is C13H14N2O. The number of nitrogens with zero attached hydrogens (tertiary/aromatic N) is 2. The van der Waals surface area contributed by atoms with Crippen LogP contribution in [0, 0.1) is 0 Å². The molecule has 82 valence electrons. The fourth-order valence-electron chi connectivity index (χ4n) is 1.58. The smallest absolute Gasteiger partial charge is 0.261 e. The lowest BCUT2D eigenvalue weighted by Crippen LogP contribution is -2.21. The Morgan fingerprint density at radius 2 is 2.19 bits per heavy atom. The Morgan fingerprint density at radius 1 is 1.44 bits per heavy atom. The highest BCUT2D eigenvalue weighted by Gasteiger charge is 2.02. The zero-order valence-electron chi connectivity index (χ0n) is 9.47. The van der Waals surface area contributed by atoms with Gasteiger partial charge in [0.1, 0.15) is 0 Å². The lowest BCUT2D eigenvalue weighted by atomic mass is 10.2. The Balaban J connectivity index is 2.57. The molecule has 0 aliphatic rings. The molecule has 0 bridgehead atoms. The summed E-state index contributed by atoms with van der Waals surface area (Å²) in [6.07, 6.45) is 3.61. The van der Waals surface area contributed by atoms with Crippen LogP contribution in [0.25, 0.3) is 10.9 Å². The first-order chi connectivity index (χ1) is 7.72. The number of fused-ring (bicyclic) bond motifs is 1. The highest BCUT2D eigenvalue weighted by molar-refractivity contribution is 5.76. The predicted molar refractivity (Wildman–Crippen MR) is 65.4 cm³/mol. The molecule has 0 saturated heterocycles. The molecule has 0 N–H and O–H groups in total. The van der Waals surface area contributed by atoms with E-state index in [-0.39, 0.29) is 5.56 Å². The summed E-state index contributed by atoms with van der Waals surface area (Å²) < 4.78 is 1.64. The Hall–Kier alpha value is -1.90. The molecular weight excluding hydrogens is 200 g/mol. The Bertz CT molecular complexity index is 596. The van der Waals surface area contributed by atoms with E-state index in [1.807, 2.05) is 44.2 Å². The average Bonchev–Trinajstić information content (AvgIpc) is 2.33. The maximum atomic E-state index is 12.1. The number of para-hydroxylation sites is 1. The van der Waals surface area contributed by atoms with Crippen molar-refractivity contribution >= 4 is 10.9 Å². The van der Waals surface area contributed by atoms with E-state index >= 15 is 0 Å². The summed E-state index contributed by atoms with van der Waals surface area (Å²) in [4.78, 5) is 16.3. The van der Waals surface area contributed by atoms with Crippen LogP contribution in [0.1, 0.15) is 13.8 Å². The number of hydrogen-bond acceptors (Lipinski definition) is 2. The Morgan fingerprint density at radius 3 is 2.94 bits per heavy atom. The number of aromatic nitrogens is 2. The van der Waals surface area contributed by atoms with Crippen LogP contribution in [-0.4, -0.2) is 9.55 Å². The summed E-state index contributed by atoms with van der Waals surface area (Å²) in [7, 11) is 0.